The quantitative estimate of drug-likeness (QED) is 0.863. The van der Waals surface area contributed by atoms with Gasteiger partial charge in [0, 0.05) is 5.54 Å². The summed E-state index contributed by atoms with van der Waals surface area (Å²) in [7, 11) is 0. The highest BCUT2D eigenvalue weighted by Crippen LogP contribution is 2.17. The van der Waals surface area contributed by atoms with Crippen molar-refractivity contribution < 1.29 is 13.6 Å². The first-order valence-electron chi connectivity index (χ1n) is 6.29. The van der Waals surface area contributed by atoms with Crippen molar-refractivity contribution in [1.82, 2.24) is 5.32 Å². The highest BCUT2D eigenvalue weighted by Gasteiger charge is 2.22. The van der Waals surface area contributed by atoms with Gasteiger partial charge in [0.2, 0.25) is 5.91 Å². The lowest BCUT2D eigenvalue weighted by molar-refractivity contribution is -0.123. The van der Waals surface area contributed by atoms with E-state index in [1.54, 1.807) is 6.92 Å². The summed E-state index contributed by atoms with van der Waals surface area (Å²) in [5.41, 5.74) is -0.343. The van der Waals surface area contributed by atoms with Crippen LogP contribution in [0.1, 0.15) is 34.1 Å². The number of nitrogens with one attached hydrogen (secondary N) is 2. The number of carbonyl (C=O) groups excluding carboxylic acids is 1. The molecule has 3 nitrogen and oxygen atoms in total. The maximum absolute atomic E-state index is 13.5. The van der Waals surface area contributed by atoms with E-state index in [-0.39, 0.29) is 17.1 Å². The minimum Gasteiger partial charge on any atom is -0.371 e. The smallest absolute Gasteiger partial charge is 0.242 e. The topological polar surface area (TPSA) is 41.1 Å². The Morgan fingerprint density at radius 3 is 2.58 bits per heavy atom. The van der Waals surface area contributed by atoms with Gasteiger partial charge in [-0.1, -0.05) is 13.0 Å². The van der Waals surface area contributed by atoms with Crippen LogP contribution in [0, 0.1) is 11.6 Å². The first kappa shape index (κ1) is 15.4. The largest absolute Gasteiger partial charge is 0.371 e. The van der Waals surface area contributed by atoms with Gasteiger partial charge in [-0.2, -0.15) is 0 Å². The monoisotopic (exact) mass is 270 g/mol. The number of hydrogen-bond donors (Lipinski definition) is 2. The molecule has 0 bridgehead atoms. The Kier molecular flexibility index (Phi) is 4.86. The predicted octanol–water partition coefficient (Wildman–Crippen LogP) is 3.07. The van der Waals surface area contributed by atoms with E-state index >= 15 is 0 Å². The van der Waals surface area contributed by atoms with Gasteiger partial charge < -0.3 is 10.6 Å². The van der Waals surface area contributed by atoms with Gasteiger partial charge in [-0.3, -0.25) is 4.79 Å². The fourth-order valence-corrected chi connectivity index (χ4v) is 1.44. The molecule has 0 aliphatic rings. The first-order valence-corrected chi connectivity index (χ1v) is 6.29. The minimum absolute atomic E-state index is 0.0167. The van der Waals surface area contributed by atoms with Crippen LogP contribution >= 0.6 is 0 Å². The first-order chi connectivity index (χ1) is 8.76. The summed E-state index contributed by atoms with van der Waals surface area (Å²) in [4.78, 5) is 11.9. The number of carbonyl (C=O) groups is 1. The predicted molar refractivity (Wildman–Crippen MR) is 72.0 cm³/mol. The molecule has 0 saturated heterocycles. The molecule has 1 aromatic rings. The van der Waals surface area contributed by atoms with E-state index in [1.807, 2.05) is 20.8 Å². The zero-order valence-electron chi connectivity index (χ0n) is 11.7. The van der Waals surface area contributed by atoms with Crippen molar-refractivity contribution >= 4 is 11.6 Å². The van der Waals surface area contributed by atoms with Gasteiger partial charge in [0.1, 0.15) is 6.04 Å². The van der Waals surface area contributed by atoms with Gasteiger partial charge in [-0.05, 0) is 39.3 Å². The number of anilines is 1. The van der Waals surface area contributed by atoms with Crippen molar-refractivity contribution in [1.29, 1.82) is 0 Å². The minimum atomic E-state index is -0.975. The van der Waals surface area contributed by atoms with E-state index in [9.17, 15) is 13.6 Å². The second-order valence-electron chi connectivity index (χ2n) is 5.19. The number of hydrogen-bond acceptors (Lipinski definition) is 2. The van der Waals surface area contributed by atoms with Gasteiger partial charge in [0.05, 0.1) is 5.69 Å². The molecule has 19 heavy (non-hydrogen) atoms. The summed E-state index contributed by atoms with van der Waals surface area (Å²) in [5, 5.41) is 5.51. The van der Waals surface area contributed by atoms with Crippen LogP contribution in [-0.4, -0.2) is 17.5 Å². The average Bonchev–Trinajstić information content (AvgIpc) is 2.34. The van der Waals surface area contributed by atoms with Crippen LogP contribution in [0.15, 0.2) is 18.2 Å². The van der Waals surface area contributed by atoms with Crippen molar-refractivity contribution in [2.45, 2.75) is 45.7 Å². The molecular formula is C14H20F2N2O. The summed E-state index contributed by atoms with van der Waals surface area (Å²) in [6, 6.07) is 3.17. The Labute approximate surface area is 112 Å². The highest BCUT2D eigenvalue weighted by molar-refractivity contribution is 5.84. The molecule has 0 aromatic heterocycles. The van der Waals surface area contributed by atoms with Crippen molar-refractivity contribution in [3.05, 3.63) is 29.8 Å². The van der Waals surface area contributed by atoms with Gasteiger partial charge in [0.15, 0.2) is 11.6 Å². The zero-order chi connectivity index (χ0) is 14.6. The second kappa shape index (κ2) is 5.99. The molecule has 0 spiro atoms. The molecule has 2 N–H and O–H groups in total. The summed E-state index contributed by atoms with van der Waals surface area (Å²) >= 11 is 0. The van der Waals surface area contributed by atoms with Gasteiger partial charge in [-0.25, -0.2) is 8.78 Å². The molecule has 1 atom stereocenters. The van der Waals surface area contributed by atoms with Gasteiger partial charge in [-0.15, -0.1) is 0 Å². The Balaban J connectivity index is 2.72. The van der Waals surface area contributed by atoms with Crippen molar-refractivity contribution in [2.75, 3.05) is 5.32 Å². The fourth-order valence-electron chi connectivity index (χ4n) is 1.44. The van der Waals surface area contributed by atoms with Crippen LogP contribution < -0.4 is 10.6 Å². The standard InChI is InChI=1S/C14H20F2N2O/c1-5-14(3,4)18-13(19)9(2)17-11-8-6-7-10(15)12(11)16/h6-9,17H,5H2,1-4H3,(H,18,19). The van der Waals surface area contributed by atoms with E-state index in [1.165, 1.54) is 12.1 Å². The zero-order valence-corrected chi connectivity index (χ0v) is 11.7. The maximum Gasteiger partial charge on any atom is 0.242 e. The lowest BCUT2D eigenvalue weighted by atomic mass is 10.0. The number of halogens is 2. The third-order valence-electron chi connectivity index (χ3n) is 3.06. The molecule has 0 saturated carbocycles. The lowest BCUT2D eigenvalue weighted by Crippen LogP contribution is -2.48. The molecule has 1 amide bonds. The fraction of sp³-hybridized carbons (Fsp3) is 0.500. The highest BCUT2D eigenvalue weighted by atomic mass is 19.2. The molecule has 0 radical (unpaired) electrons. The van der Waals surface area contributed by atoms with Gasteiger partial charge >= 0.3 is 0 Å². The molecule has 1 rings (SSSR count). The lowest BCUT2D eigenvalue weighted by Gasteiger charge is -2.27. The Morgan fingerprint density at radius 2 is 2.00 bits per heavy atom. The molecule has 0 fully saturated rings. The molecule has 0 aliphatic carbocycles. The van der Waals surface area contributed by atoms with Crippen LogP contribution in [0.2, 0.25) is 0 Å². The molecule has 5 heteroatoms. The molecular weight excluding hydrogens is 250 g/mol. The summed E-state index contributed by atoms with van der Waals surface area (Å²) in [5.74, 6) is -2.17. The van der Waals surface area contributed by atoms with E-state index < -0.39 is 17.7 Å². The Hall–Kier alpha value is -1.65. The third kappa shape index (κ3) is 4.19. The SMILES string of the molecule is CCC(C)(C)NC(=O)C(C)Nc1cccc(F)c1F. The molecule has 0 aliphatic heterocycles. The number of rotatable bonds is 5. The van der Waals surface area contributed by atoms with Crippen molar-refractivity contribution in [2.24, 2.45) is 0 Å². The summed E-state index contributed by atoms with van der Waals surface area (Å²) in [6.07, 6.45) is 0.778. The van der Waals surface area contributed by atoms with E-state index in [0.29, 0.717) is 0 Å². The van der Waals surface area contributed by atoms with E-state index in [2.05, 4.69) is 10.6 Å². The van der Waals surface area contributed by atoms with Crippen LogP contribution in [0.4, 0.5) is 14.5 Å². The third-order valence-corrected chi connectivity index (χ3v) is 3.06. The van der Waals surface area contributed by atoms with Crippen molar-refractivity contribution in [3.63, 3.8) is 0 Å². The Morgan fingerprint density at radius 1 is 1.37 bits per heavy atom. The van der Waals surface area contributed by atoms with Crippen molar-refractivity contribution in [3.8, 4) is 0 Å². The molecule has 0 heterocycles. The normalized spacial score (nSPS) is 12.9. The van der Waals surface area contributed by atoms with Crippen LogP contribution in [0.3, 0.4) is 0 Å². The molecule has 1 aromatic carbocycles. The van der Waals surface area contributed by atoms with E-state index in [4.69, 9.17) is 0 Å². The Bertz CT molecular complexity index is 461. The van der Waals surface area contributed by atoms with Gasteiger partial charge in [0.25, 0.3) is 0 Å². The number of amides is 1. The second-order valence-corrected chi connectivity index (χ2v) is 5.19. The summed E-state index contributed by atoms with van der Waals surface area (Å²) in [6.45, 7) is 7.37. The molecule has 1 unspecified atom stereocenters. The van der Waals surface area contributed by atoms with Crippen LogP contribution in [-0.2, 0) is 4.79 Å². The van der Waals surface area contributed by atoms with Crippen LogP contribution in [0.25, 0.3) is 0 Å². The molecule has 106 valence electrons. The van der Waals surface area contributed by atoms with Crippen LogP contribution in [0.5, 0.6) is 0 Å². The maximum atomic E-state index is 13.5. The summed E-state index contributed by atoms with van der Waals surface area (Å²) < 4.78 is 26.5. The number of benzene rings is 1. The van der Waals surface area contributed by atoms with E-state index in [0.717, 1.165) is 12.5 Å². The average molecular weight is 270 g/mol.